The number of para-hydroxylation sites is 1. The molecule has 2 heterocycles. The summed E-state index contributed by atoms with van der Waals surface area (Å²) < 4.78 is 5.45. The van der Waals surface area contributed by atoms with E-state index < -0.39 is 6.04 Å². The van der Waals surface area contributed by atoms with Gasteiger partial charge < -0.3 is 15.0 Å². The number of carbonyl (C=O) groups excluding carboxylic acids is 2. The Kier molecular flexibility index (Phi) is 8.80. The van der Waals surface area contributed by atoms with E-state index in [9.17, 15) is 9.59 Å². The monoisotopic (exact) mass is 530 g/mol. The molecule has 0 saturated heterocycles. The zero-order valence-corrected chi connectivity index (χ0v) is 23.2. The molecular formula is C30H34N4O3S. The Labute approximate surface area is 228 Å². The van der Waals surface area contributed by atoms with Crippen molar-refractivity contribution in [3.05, 3.63) is 76.0 Å². The minimum atomic E-state index is -0.866. The van der Waals surface area contributed by atoms with E-state index in [2.05, 4.69) is 47.9 Å². The lowest BCUT2D eigenvalue weighted by Gasteiger charge is -2.29. The SMILES string of the molecule is COc1ccccc1CNC(=O)C(c1ccc(C(C)(C)C)s1)N(Cc1cncnc1)C(=O)C#CC1CCC1. The lowest BCUT2D eigenvalue weighted by Crippen LogP contribution is -2.42. The fourth-order valence-corrected chi connectivity index (χ4v) is 5.31. The molecule has 8 heteroatoms. The second kappa shape index (κ2) is 12.2. The highest BCUT2D eigenvalue weighted by Gasteiger charge is 2.33. The largest absolute Gasteiger partial charge is 0.496 e. The van der Waals surface area contributed by atoms with Crippen LogP contribution in [0.4, 0.5) is 0 Å². The molecule has 1 aliphatic carbocycles. The molecule has 1 aromatic carbocycles. The summed E-state index contributed by atoms with van der Waals surface area (Å²) in [5.74, 6) is 6.22. The molecule has 0 bridgehead atoms. The molecule has 0 aliphatic heterocycles. The van der Waals surface area contributed by atoms with Crippen molar-refractivity contribution in [2.45, 2.75) is 64.6 Å². The third-order valence-corrected chi connectivity index (χ3v) is 8.12. The van der Waals surface area contributed by atoms with E-state index in [0.717, 1.165) is 40.1 Å². The van der Waals surface area contributed by atoms with E-state index in [1.54, 1.807) is 35.7 Å². The lowest BCUT2D eigenvalue weighted by molar-refractivity contribution is -0.137. The number of rotatable bonds is 8. The normalized spacial score (nSPS) is 14.0. The van der Waals surface area contributed by atoms with E-state index >= 15 is 0 Å². The van der Waals surface area contributed by atoms with Crippen molar-refractivity contribution in [2.24, 2.45) is 5.92 Å². The first-order valence-electron chi connectivity index (χ1n) is 12.8. The van der Waals surface area contributed by atoms with Crippen LogP contribution in [0, 0.1) is 17.8 Å². The van der Waals surface area contributed by atoms with Crippen LogP contribution in [0.1, 0.15) is 67.0 Å². The van der Waals surface area contributed by atoms with Crippen LogP contribution < -0.4 is 10.1 Å². The van der Waals surface area contributed by atoms with Crippen LogP contribution in [0.5, 0.6) is 5.75 Å². The molecule has 38 heavy (non-hydrogen) atoms. The average molecular weight is 531 g/mol. The molecule has 0 spiro atoms. The molecule has 7 nitrogen and oxygen atoms in total. The number of benzene rings is 1. The summed E-state index contributed by atoms with van der Waals surface area (Å²) in [6.07, 6.45) is 7.91. The topological polar surface area (TPSA) is 84.4 Å². The summed E-state index contributed by atoms with van der Waals surface area (Å²) in [6, 6.07) is 10.7. The number of hydrogen-bond donors (Lipinski definition) is 1. The summed E-state index contributed by atoms with van der Waals surface area (Å²) in [7, 11) is 1.60. The molecule has 1 fully saturated rings. The first kappa shape index (κ1) is 27.3. The Balaban J connectivity index is 1.70. The maximum absolute atomic E-state index is 13.9. The molecule has 2 aromatic heterocycles. The number of ether oxygens (including phenoxy) is 1. The van der Waals surface area contributed by atoms with Gasteiger partial charge >= 0.3 is 0 Å². The van der Waals surface area contributed by atoms with E-state index in [4.69, 9.17) is 4.74 Å². The van der Waals surface area contributed by atoms with Gasteiger partial charge in [0.25, 0.3) is 5.91 Å². The quantitative estimate of drug-likeness (QED) is 0.413. The Bertz CT molecular complexity index is 1320. The van der Waals surface area contributed by atoms with Crippen LogP contribution in [0.15, 0.2) is 55.1 Å². The van der Waals surface area contributed by atoms with Crippen molar-refractivity contribution >= 4 is 23.2 Å². The fraction of sp³-hybridized carbons (Fsp3) is 0.400. The van der Waals surface area contributed by atoms with Gasteiger partial charge in [-0.1, -0.05) is 51.3 Å². The molecule has 4 rings (SSSR count). The van der Waals surface area contributed by atoms with Crippen molar-refractivity contribution in [3.63, 3.8) is 0 Å². The number of aromatic nitrogens is 2. The van der Waals surface area contributed by atoms with Crippen molar-refractivity contribution in [1.82, 2.24) is 20.2 Å². The van der Waals surface area contributed by atoms with Crippen molar-refractivity contribution in [2.75, 3.05) is 7.11 Å². The van der Waals surface area contributed by atoms with Gasteiger partial charge in [-0.15, -0.1) is 11.3 Å². The number of methoxy groups -OCH3 is 1. The Morgan fingerprint density at radius 3 is 2.53 bits per heavy atom. The third-order valence-electron chi connectivity index (χ3n) is 6.56. The molecule has 1 aliphatic rings. The number of hydrogen-bond acceptors (Lipinski definition) is 6. The average Bonchev–Trinajstić information content (AvgIpc) is 3.37. The number of nitrogens with zero attached hydrogens (tertiary/aromatic N) is 3. The number of amides is 2. The Morgan fingerprint density at radius 2 is 1.89 bits per heavy atom. The van der Waals surface area contributed by atoms with Gasteiger partial charge in [0, 0.05) is 45.7 Å². The molecule has 198 valence electrons. The zero-order valence-electron chi connectivity index (χ0n) is 22.4. The molecular weight excluding hydrogens is 496 g/mol. The van der Waals surface area contributed by atoms with E-state index in [1.165, 1.54) is 6.33 Å². The van der Waals surface area contributed by atoms with Crippen LogP contribution >= 0.6 is 11.3 Å². The standard InChI is InChI=1S/C30H34N4O3S/c1-30(2,3)26-14-13-25(38-26)28(29(36)33-18-23-10-5-6-11-24(23)37-4)34(19-22-16-31-20-32-17-22)27(35)15-12-21-8-7-9-21/h5-6,10-11,13-14,16-17,20-21,28H,7-9,18-19H2,1-4H3,(H,33,36). The minimum absolute atomic E-state index is 0.0898. The van der Waals surface area contributed by atoms with Gasteiger partial charge in [0.1, 0.15) is 18.1 Å². The summed E-state index contributed by atoms with van der Waals surface area (Å²) in [4.78, 5) is 39.2. The van der Waals surface area contributed by atoms with E-state index in [-0.39, 0.29) is 36.2 Å². The van der Waals surface area contributed by atoms with Gasteiger partial charge in [0.05, 0.1) is 13.7 Å². The first-order chi connectivity index (χ1) is 18.3. The molecule has 1 N–H and O–H groups in total. The fourth-order valence-electron chi connectivity index (χ4n) is 4.13. The van der Waals surface area contributed by atoms with E-state index in [0.29, 0.717) is 5.75 Å². The summed E-state index contributed by atoms with van der Waals surface area (Å²) in [5, 5.41) is 3.04. The summed E-state index contributed by atoms with van der Waals surface area (Å²) >= 11 is 1.54. The van der Waals surface area contributed by atoms with Crippen LogP contribution in [0.25, 0.3) is 0 Å². The highest BCUT2D eigenvalue weighted by molar-refractivity contribution is 7.12. The Hall–Kier alpha value is -3.70. The van der Waals surface area contributed by atoms with Crippen LogP contribution in [0.2, 0.25) is 0 Å². The van der Waals surface area contributed by atoms with Gasteiger partial charge in [-0.3, -0.25) is 9.59 Å². The second-order valence-corrected chi connectivity index (χ2v) is 11.6. The molecule has 3 aromatic rings. The molecule has 2 amide bonds. The first-order valence-corrected chi connectivity index (χ1v) is 13.6. The number of thiophene rings is 1. The van der Waals surface area contributed by atoms with Gasteiger partial charge in [0.2, 0.25) is 5.91 Å². The van der Waals surface area contributed by atoms with Gasteiger partial charge in [-0.2, -0.15) is 0 Å². The van der Waals surface area contributed by atoms with E-state index in [1.807, 2.05) is 36.4 Å². The van der Waals surface area contributed by atoms with Crippen molar-refractivity contribution in [3.8, 4) is 17.6 Å². The van der Waals surface area contributed by atoms with Gasteiger partial charge in [-0.25, -0.2) is 9.97 Å². The highest BCUT2D eigenvalue weighted by atomic mass is 32.1. The van der Waals surface area contributed by atoms with Crippen LogP contribution in [-0.2, 0) is 28.1 Å². The van der Waals surface area contributed by atoms with Crippen LogP contribution in [-0.4, -0.2) is 33.8 Å². The summed E-state index contributed by atoms with van der Waals surface area (Å²) in [5.41, 5.74) is 1.48. The minimum Gasteiger partial charge on any atom is -0.496 e. The lowest BCUT2D eigenvalue weighted by atomic mass is 9.86. The maximum atomic E-state index is 13.9. The van der Waals surface area contributed by atoms with Gasteiger partial charge in [0.15, 0.2) is 0 Å². The molecule has 0 radical (unpaired) electrons. The highest BCUT2D eigenvalue weighted by Crippen LogP contribution is 2.35. The third kappa shape index (κ3) is 6.78. The molecule has 1 unspecified atom stereocenters. The molecule has 1 atom stereocenters. The van der Waals surface area contributed by atoms with Gasteiger partial charge in [-0.05, 0) is 42.4 Å². The smallest absolute Gasteiger partial charge is 0.299 e. The van der Waals surface area contributed by atoms with Crippen LogP contribution in [0.3, 0.4) is 0 Å². The predicted molar refractivity (Wildman–Crippen MR) is 148 cm³/mol. The second-order valence-electron chi connectivity index (χ2n) is 10.5. The predicted octanol–water partition coefficient (Wildman–Crippen LogP) is 5.03. The number of carbonyl (C=O) groups is 2. The van der Waals surface area contributed by atoms with Crippen molar-refractivity contribution in [1.29, 1.82) is 0 Å². The number of nitrogens with one attached hydrogen (secondary N) is 1. The maximum Gasteiger partial charge on any atom is 0.299 e. The molecule has 1 saturated carbocycles. The summed E-state index contributed by atoms with van der Waals surface area (Å²) in [6.45, 7) is 6.82. The zero-order chi connectivity index (χ0) is 27.1. The van der Waals surface area contributed by atoms with Crippen molar-refractivity contribution < 1.29 is 14.3 Å². The Morgan fingerprint density at radius 1 is 1.16 bits per heavy atom.